The predicted octanol–water partition coefficient (Wildman–Crippen LogP) is 1.45. The zero-order valence-electron chi connectivity index (χ0n) is 9.85. The molecule has 2 aromatic rings. The number of benzene rings is 1. The van der Waals surface area contributed by atoms with E-state index in [-0.39, 0.29) is 0 Å². The second-order valence-electron chi connectivity index (χ2n) is 3.84. The Morgan fingerprint density at radius 3 is 2.71 bits per heavy atom. The average Bonchev–Trinajstić information content (AvgIpc) is 2.77. The van der Waals surface area contributed by atoms with E-state index in [2.05, 4.69) is 47.1 Å². The van der Waals surface area contributed by atoms with Crippen LogP contribution in [0.15, 0.2) is 33.9 Å². The van der Waals surface area contributed by atoms with Crippen LogP contribution >= 0.6 is 11.8 Å². The van der Waals surface area contributed by atoms with Crippen LogP contribution in [0.3, 0.4) is 0 Å². The molecule has 0 saturated heterocycles. The van der Waals surface area contributed by atoms with Gasteiger partial charge in [0.25, 0.3) is 5.22 Å². The summed E-state index contributed by atoms with van der Waals surface area (Å²) in [6.45, 7) is 2.87. The van der Waals surface area contributed by atoms with Gasteiger partial charge in [0, 0.05) is 5.75 Å². The highest BCUT2D eigenvalue weighted by atomic mass is 32.2. The van der Waals surface area contributed by atoms with E-state index in [1.165, 1.54) is 11.1 Å². The van der Waals surface area contributed by atoms with Crippen LogP contribution in [0.25, 0.3) is 0 Å². The van der Waals surface area contributed by atoms with Gasteiger partial charge in [-0.2, -0.15) is 0 Å². The maximum atomic E-state index is 5.47. The quantitative estimate of drug-likeness (QED) is 0.816. The molecule has 0 aliphatic rings. The van der Waals surface area contributed by atoms with Crippen molar-refractivity contribution in [3.05, 3.63) is 41.3 Å². The lowest BCUT2D eigenvalue weighted by Gasteiger charge is -1.98. The summed E-state index contributed by atoms with van der Waals surface area (Å²) in [5, 5.41) is 8.57. The highest BCUT2D eigenvalue weighted by Crippen LogP contribution is 2.21. The molecular formula is C12H16N3OS+. The largest absolute Gasteiger partial charge is 0.416 e. The SMILES string of the molecule is Cc1ccc(CSc2nnc(CC[NH3+])o2)cc1. The number of hydrogen-bond donors (Lipinski definition) is 1. The Morgan fingerprint density at radius 2 is 2.00 bits per heavy atom. The number of nitrogens with zero attached hydrogens (tertiary/aromatic N) is 2. The van der Waals surface area contributed by atoms with Gasteiger partial charge in [-0.05, 0) is 12.5 Å². The molecule has 4 nitrogen and oxygen atoms in total. The summed E-state index contributed by atoms with van der Waals surface area (Å²) in [6.07, 6.45) is 0.748. The Balaban J connectivity index is 1.90. The molecule has 0 bridgehead atoms. The summed E-state index contributed by atoms with van der Waals surface area (Å²) < 4.78 is 5.47. The molecule has 0 atom stereocenters. The standard InChI is InChI=1S/C12H15N3OS/c1-9-2-4-10(5-3-9)8-17-12-15-14-11(16-12)6-7-13/h2-5H,6-8,13H2,1H3/p+1. The minimum Gasteiger partial charge on any atom is -0.416 e. The summed E-state index contributed by atoms with van der Waals surface area (Å²) in [4.78, 5) is 0. The molecule has 17 heavy (non-hydrogen) atoms. The van der Waals surface area contributed by atoms with Crippen molar-refractivity contribution in [2.45, 2.75) is 24.3 Å². The van der Waals surface area contributed by atoms with E-state index in [9.17, 15) is 0 Å². The second kappa shape index (κ2) is 5.84. The van der Waals surface area contributed by atoms with Crippen LogP contribution in [0.1, 0.15) is 17.0 Å². The van der Waals surface area contributed by atoms with Crippen LogP contribution in [-0.4, -0.2) is 16.7 Å². The molecule has 0 unspecified atom stereocenters. The number of aryl methyl sites for hydroxylation is 1. The molecule has 0 aliphatic heterocycles. The maximum absolute atomic E-state index is 5.47. The molecule has 1 aromatic carbocycles. The zero-order valence-corrected chi connectivity index (χ0v) is 10.7. The summed E-state index contributed by atoms with van der Waals surface area (Å²) in [5.41, 5.74) is 6.29. The van der Waals surface area contributed by atoms with Gasteiger partial charge in [0.15, 0.2) is 0 Å². The third-order valence-corrected chi connectivity index (χ3v) is 3.21. The number of aromatic nitrogens is 2. The molecule has 90 valence electrons. The van der Waals surface area contributed by atoms with Gasteiger partial charge in [0.05, 0.1) is 13.0 Å². The lowest BCUT2D eigenvalue weighted by molar-refractivity contribution is -0.367. The van der Waals surface area contributed by atoms with E-state index >= 15 is 0 Å². The van der Waals surface area contributed by atoms with Crippen molar-refractivity contribution in [2.24, 2.45) is 0 Å². The van der Waals surface area contributed by atoms with E-state index in [0.29, 0.717) is 11.1 Å². The monoisotopic (exact) mass is 250 g/mol. The second-order valence-corrected chi connectivity index (χ2v) is 4.77. The van der Waals surface area contributed by atoms with Crippen molar-refractivity contribution in [2.75, 3.05) is 6.54 Å². The van der Waals surface area contributed by atoms with Crippen molar-refractivity contribution in [1.29, 1.82) is 0 Å². The molecule has 2 rings (SSSR count). The fourth-order valence-corrected chi connectivity index (χ4v) is 2.11. The molecule has 3 N–H and O–H groups in total. The summed E-state index contributed by atoms with van der Waals surface area (Å²) in [7, 11) is 0. The fraction of sp³-hybridized carbons (Fsp3) is 0.333. The smallest absolute Gasteiger partial charge is 0.276 e. The van der Waals surface area contributed by atoms with Gasteiger partial charge >= 0.3 is 0 Å². The predicted molar refractivity (Wildman–Crippen MR) is 66.5 cm³/mol. The molecule has 1 heterocycles. The Bertz CT molecular complexity index is 467. The van der Waals surface area contributed by atoms with Gasteiger partial charge in [-0.15, -0.1) is 10.2 Å². The van der Waals surface area contributed by atoms with Crippen LogP contribution in [0, 0.1) is 6.92 Å². The first-order chi connectivity index (χ1) is 8.28. The molecule has 0 aliphatic carbocycles. The molecule has 0 saturated carbocycles. The third-order valence-electron chi connectivity index (χ3n) is 2.32. The van der Waals surface area contributed by atoms with Crippen LogP contribution in [0.4, 0.5) is 0 Å². The zero-order chi connectivity index (χ0) is 12.1. The van der Waals surface area contributed by atoms with Crippen molar-refractivity contribution < 1.29 is 10.2 Å². The molecule has 1 aromatic heterocycles. The number of thioether (sulfide) groups is 1. The van der Waals surface area contributed by atoms with Gasteiger partial charge < -0.3 is 10.2 Å². The number of rotatable bonds is 5. The highest BCUT2D eigenvalue weighted by molar-refractivity contribution is 7.98. The minimum absolute atomic E-state index is 0.633. The van der Waals surface area contributed by atoms with Gasteiger partial charge in [0.1, 0.15) is 0 Å². The molecule has 0 spiro atoms. The molecule has 0 radical (unpaired) electrons. The van der Waals surface area contributed by atoms with Crippen LogP contribution < -0.4 is 5.73 Å². The molecule has 5 heteroatoms. The van der Waals surface area contributed by atoms with E-state index < -0.39 is 0 Å². The first kappa shape index (κ1) is 12.1. The van der Waals surface area contributed by atoms with Gasteiger partial charge in [-0.3, -0.25) is 0 Å². The van der Waals surface area contributed by atoms with Crippen molar-refractivity contribution in [1.82, 2.24) is 10.2 Å². The highest BCUT2D eigenvalue weighted by Gasteiger charge is 2.06. The first-order valence-electron chi connectivity index (χ1n) is 5.58. The summed E-state index contributed by atoms with van der Waals surface area (Å²) >= 11 is 1.57. The van der Waals surface area contributed by atoms with Crippen molar-refractivity contribution >= 4 is 11.8 Å². The average molecular weight is 250 g/mol. The topological polar surface area (TPSA) is 66.6 Å². The van der Waals surface area contributed by atoms with Gasteiger partial charge in [-0.25, -0.2) is 0 Å². The summed E-state index contributed by atoms with van der Waals surface area (Å²) in [5.74, 6) is 1.53. The van der Waals surface area contributed by atoms with Crippen LogP contribution in [0.2, 0.25) is 0 Å². The summed E-state index contributed by atoms with van der Waals surface area (Å²) in [6, 6.07) is 8.46. The Hall–Kier alpha value is -1.33. The Kier molecular flexibility index (Phi) is 4.17. The van der Waals surface area contributed by atoms with Crippen molar-refractivity contribution in [3.8, 4) is 0 Å². The first-order valence-corrected chi connectivity index (χ1v) is 6.56. The van der Waals surface area contributed by atoms with Crippen molar-refractivity contribution in [3.63, 3.8) is 0 Å². The maximum Gasteiger partial charge on any atom is 0.276 e. The minimum atomic E-state index is 0.633. The third kappa shape index (κ3) is 3.57. The number of quaternary nitrogens is 1. The molecule has 0 fully saturated rings. The van der Waals surface area contributed by atoms with E-state index in [0.717, 1.165) is 18.7 Å². The fourth-order valence-electron chi connectivity index (χ4n) is 1.38. The van der Waals surface area contributed by atoms with E-state index in [1.54, 1.807) is 11.8 Å². The lowest BCUT2D eigenvalue weighted by Crippen LogP contribution is -2.51. The lowest BCUT2D eigenvalue weighted by atomic mass is 10.2. The molecular weight excluding hydrogens is 234 g/mol. The molecule has 0 amide bonds. The normalized spacial score (nSPS) is 10.7. The van der Waals surface area contributed by atoms with Crippen LogP contribution in [0.5, 0.6) is 0 Å². The Morgan fingerprint density at radius 1 is 1.24 bits per heavy atom. The van der Waals surface area contributed by atoms with Gasteiger partial charge in [0.2, 0.25) is 5.89 Å². The van der Waals surface area contributed by atoms with Crippen LogP contribution in [-0.2, 0) is 12.2 Å². The van der Waals surface area contributed by atoms with E-state index in [1.807, 2.05) is 0 Å². The van der Waals surface area contributed by atoms with Gasteiger partial charge in [-0.1, -0.05) is 41.6 Å². The van der Waals surface area contributed by atoms with E-state index in [4.69, 9.17) is 4.42 Å². The number of hydrogen-bond acceptors (Lipinski definition) is 4. The Labute approximate surface area is 105 Å².